The zero-order valence-corrected chi connectivity index (χ0v) is 16.4. The molecule has 1 atom stereocenters. The second-order valence-electron chi connectivity index (χ2n) is 7.16. The highest BCUT2D eigenvalue weighted by atomic mass is 16.6. The maximum atomic E-state index is 13.0. The fourth-order valence-corrected chi connectivity index (χ4v) is 3.82. The molecule has 0 radical (unpaired) electrons. The topological polar surface area (TPSA) is 102 Å². The molecule has 0 bridgehead atoms. The van der Waals surface area contributed by atoms with Gasteiger partial charge in [-0.1, -0.05) is 0 Å². The van der Waals surface area contributed by atoms with E-state index in [9.17, 15) is 14.7 Å². The van der Waals surface area contributed by atoms with Gasteiger partial charge in [0.1, 0.15) is 30.8 Å². The van der Waals surface area contributed by atoms with E-state index in [0.29, 0.717) is 36.0 Å². The first kappa shape index (κ1) is 18.9. The number of pyridine rings is 1. The molecule has 1 unspecified atom stereocenters. The molecule has 5 rings (SSSR count). The number of rotatable bonds is 4. The monoisotopic (exact) mass is 418 g/mol. The molecule has 3 aromatic rings. The molecule has 1 aromatic carbocycles. The highest BCUT2D eigenvalue weighted by molar-refractivity contribution is 6.46. The van der Waals surface area contributed by atoms with Gasteiger partial charge in [0.25, 0.3) is 11.7 Å². The number of fused-ring (bicyclic) bond motifs is 1. The Morgan fingerprint density at radius 2 is 1.84 bits per heavy atom. The van der Waals surface area contributed by atoms with Crippen molar-refractivity contribution in [3.63, 3.8) is 0 Å². The molecule has 8 nitrogen and oxygen atoms in total. The van der Waals surface area contributed by atoms with E-state index in [4.69, 9.17) is 13.9 Å². The number of aromatic nitrogens is 1. The van der Waals surface area contributed by atoms with Crippen LogP contribution in [0.4, 0.5) is 0 Å². The molecule has 156 valence electrons. The molecule has 2 aromatic heterocycles. The Bertz CT molecular complexity index is 1170. The van der Waals surface area contributed by atoms with Crippen molar-refractivity contribution in [2.45, 2.75) is 12.6 Å². The van der Waals surface area contributed by atoms with Crippen LogP contribution in [0.3, 0.4) is 0 Å². The number of benzene rings is 1. The minimum atomic E-state index is -0.864. The second-order valence-corrected chi connectivity index (χ2v) is 7.16. The Balaban J connectivity index is 1.60. The lowest BCUT2D eigenvalue weighted by atomic mass is 9.99. The van der Waals surface area contributed by atoms with Crippen molar-refractivity contribution < 1.29 is 28.6 Å². The highest BCUT2D eigenvalue weighted by Crippen LogP contribution is 2.41. The van der Waals surface area contributed by atoms with Crippen LogP contribution in [0, 0.1) is 0 Å². The first-order valence-electron chi connectivity index (χ1n) is 9.74. The number of Topliss-reactive ketones (excluding diaryl/α,β-unsaturated/α-hetero) is 1. The number of amides is 1. The average Bonchev–Trinajstić information content (AvgIpc) is 3.42. The lowest BCUT2D eigenvalue weighted by molar-refractivity contribution is -0.140. The van der Waals surface area contributed by atoms with Gasteiger partial charge in [0.2, 0.25) is 0 Å². The molecular weight excluding hydrogens is 400 g/mol. The lowest BCUT2D eigenvalue weighted by Gasteiger charge is -2.23. The van der Waals surface area contributed by atoms with E-state index >= 15 is 0 Å². The number of furan rings is 1. The maximum Gasteiger partial charge on any atom is 0.296 e. The third kappa shape index (κ3) is 3.31. The van der Waals surface area contributed by atoms with Gasteiger partial charge in [-0.05, 0) is 48.0 Å². The quantitative estimate of drug-likeness (QED) is 0.395. The number of likely N-dealkylation sites (tertiary alicyclic amines) is 1. The lowest BCUT2D eigenvalue weighted by Crippen LogP contribution is -2.29. The van der Waals surface area contributed by atoms with Crippen molar-refractivity contribution in [2.75, 3.05) is 13.2 Å². The number of ketones is 1. The predicted octanol–water partition coefficient (Wildman–Crippen LogP) is 3.07. The Kier molecular flexibility index (Phi) is 4.66. The van der Waals surface area contributed by atoms with E-state index in [1.807, 2.05) is 0 Å². The number of ether oxygens (including phenoxy) is 2. The number of carbonyl (C=O) groups excluding carboxylic acids is 2. The number of aliphatic hydroxyl groups excluding tert-OH is 1. The smallest absolute Gasteiger partial charge is 0.296 e. The Morgan fingerprint density at radius 3 is 2.58 bits per heavy atom. The van der Waals surface area contributed by atoms with E-state index in [0.717, 1.165) is 5.56 Å². The largest absolute Gasteiger partial charge is 0.507 e. The summed E-state index contributed by atoms with van der Waals surface area (Å²) < 4.78 is 16.6. The summed E-state index contributed by atoms with van der Waals surface area (Å²) in [5.74, 6) is -0.374. The number of aliphatic hydroxyl groups is 1. The minimum Gasteiger partial charge on any atom is -0.507 e. The molecular formula is C23H18N2O6. The van der Waals surface area contributed by atoms with Crippen molar-refractivity contribution in [1.82, 2.24) is 9.88 Å². The van der Waals surface area contributed by atoms with Gasteiger partial charge in [0.15, 0.2) is 11.5 Å². The van der Waals surface area contributed by atoms with Crippen LogP contribution in [0.1, 0.15) is 22.9 Å². The zero-order valence-electron chi connectivity index (χ0n) is 16.4. The minimum absolute atomic E-state index is 0.0364. The highest BCUT2D eigenvalue weighted by Gasteiger charge is 2.47. The Hall–Kier alpha value is -4.07. The summed E-state index contributed by atoms with van der Waals surface area (Å²) in [4.78, 5) is 31.3. The number of nitrogens with zero attached hydrogens (tertiary/aromatic N) is 2. The van der Waals surface area contributed by atoms with Gasteiger partial charge < -0.3 is 23.9 Å². The zero-order chi connectivity index (χ0) is 21.4. The fraction of sp³-hybridized carbons (Fsp3) is 0.174. The summed E-state index contributed by atoms with van der Waals surface area (Å²) in [5.41, 5.74) is 1.11. The van der Waals surface area contributed by atoms with E-state index < -0.39 is 17.7 Å². The summed E-state index contributed by atoms with van der Waals surface area (Å²) in [6.07, 6.45) is 4.69. The van der Waals surface area contributed by atoms with Crippen molar-refractivity contribution in [3.8, 4) is 11.5 Å². The first-order valence-corrected chi connectivity index (χ1v) is 9.74. The molecule has 8 heteroatoms. The third-order valence-electron chi connectivity index (χ3n) is 5.27. The van der Waals surface area contributed by atoms with Gasteiger partial charge in [-0.3, -0.25) is 14.6 Å². The second kappa shape index (κ2) is 7.64. The van der Waals surface area contributed by atoms with Gasteiger partial charge in [0.05, 0.1) is 11.8 Å². The van der Waals surface area contributed by atoms with Gasteiger partial charge in [-0.25, -0.2) is 0 Å². The summed E-state index contributed by atoms with van der Waals surface area (Å²) >= 11 is 0. The third-order valence-corrected chi connectivity index (χ3v) is 5.27. The summed E-state index contributed by atoms with van der Waals surface area (Å²) in [6, 6.07) is 10.9. The van der Waals surface area contributed by atoms with Crippen LogP contribution in [0.2, 0.25) is 0 Å². The molecule has 0 spiro atoms. The van der Waals surface area contributed by atoms with Gasteiger partial charge in [0, 0.05) is 24.5 Å². The van der Waals surface area contributed by atoms with Crippen LogP contribution in [0.25, 0.3) is 5.76 Å². The molecule has 0 aliphatic carbocycles. The van der Waals surface area contributed by atoms with Gasteiger partial charge >= 0.3 is 0 Å². The van der Waals surface area contributed by atoms with Crippen LogP contribution < -0.4 is 9.47 Å². The van der Waals surface area contributed by atoms with Crippen molar-refractivity contribution >= 4 is 17.4 Å². The standard InChI is InChI=1S/C23H18N2O6/c26-21(15-3-4-16-18(12-15)31-11-10-30-16)19-20(17-2-1-9-29-17)25(23(28)22(19)27)13-14-5-7-24-8-6-14/h1-9,12,20,26H,10-11,13H2/b21-19-. The molecule has 1 amide bonds. The molecule has 2 aliphatic heterocycles. The first-order chi connectivity index (χ1) is 15.1. The van der Waals surface area contributed by atoms with Crippen molar-refractivity contribution in [1.29, 1.82) is 0 Å². The fourth-order valence-electron chi connectivity index (χ4n) is 3.82. The molecule has 1 fully saturated rings. The van der Waals surface area contributed by atoms with Crippen molar-refractivity contribution in [2.24, 2.45) is 0 Å². The summed E-state index contributed by atoms with van der Waals surface area (Å²) in [5, 5.41) is 11.1. The van der Waals surface area contributed by atoms with Crippen LogP contribution in [-0.4, -0.2) is 39.9 Å². The average molecular weight is 418 g/mol. The number of hydrogen-bond acceptors (Lipinski definition) is 7. The number of carbonyl (C=O) groups is 2. The molecule has 2 aliphatic rings. The molecule has 1 N–H and O–H groups in total. The van der Waals surface area contributed by atoms with Crippen LogP contribution in [0.15, 0.2) is 71.1 Å². The molecule has 4 heterocycles. The molecule has 31 heavy (non-hydrogen) atoms. The Labute approximate surface area is 177 Å². The van der Waals surface area contributed by atoms with Crippen LogP contribution >= 0.6 is 0 Å². The van der Waals surface area contributed by atoms with E-state index in [1.165, 1.54) is 11.2 Å². The van der Waals surface area contributed by atoms with E-state index in [2.05, 4.69) is 4.98 Å². The summed E-state index contributed by atoms with van der Waals surface area (Å²) in [7, 11) is 0. The van der Waals surface area contributed by atoms with Gasteiger partial charge in [-0.15, -0.1) is 0 Å². The molecule has 0 saturated carbocycles. The van der Waals surface area contributed by atoms with Crippen LogP contribution in [0.5, 0.6) is 11.5 Å². The SMILES string of the molecule is O=C1C(=O)N(Cc2ccncc2)C(c2ccco2)/C1=C(/O)c1ccc2c(c1)OCCO2. The van der Waals surface area contributed by atoms with E-state index in [1.54, 1.807) is 54.9 Å². The molecule has 1 saturated heterocycles. The Morgan fingerprint density at radius 1 is 1.06 bits per heavy atom. The van der Waals surface area contributed by atoms with E-state index in [-0.39, 0.29) is 17.9 Å². The maximum absolute atomic E-state index is 13.0. The summed E-state index contributed by atoms with van der Waals surface area (Å²) in [6.45, 7) is 0.993. The van der Waals surface area contributed by atoms with Crippen LogP contribution in [-0.2, 0) is 16.1 Å². The predicted molar refractivity (Wildman–Crippen MR) is 108 cm³/mol. The van der Waals surface area contributed by atoms with Crippen molar-refractivity contribution in [3.05, 3.63) is 83.6 Å². The van der Waals surface area contributed by atoms with Gasteiger partial charge in [-0.2, -0.15) is 0 Å². The number of hydrogen-bond donors (Lipinski definition) is 1. The normalized spacial score (nSPS) is 19.6.